The standard InChI is InChI=1S/C16H24N2O5S/c1-4-10-24(22,23)17-14-7-5-6-13(11-14)16(21)18(12(2)3)9-8-15(19)20/h5-7,11-12,17H,4,8-10H2,1-3H3,(H,19,20). The lowest BCUT2D eigenvalue weighted by Gasteiger charge is -2.26. The maximum atomic E-state index is 12.6. The summed E-state index contributed by atoms with van der Waals surface area (Å²) in [6.07, 6.45) is 0.344. The van der Waals surface area contributed by atoms with Gasteiger partial charge in [0, 0.05) is 23.8 Å². The van der Waals surface area contributed by atoms with E-state index in [1.165, 1.54) is 11.0 Å². The van der Waals surface area contributed by atoms with Crippen LogP contribution < -0.4 is 4.72 Å². The zero-order valence-corrected chi connectivity index (χ0v) is 15.0. The van der Waals surface area contributed by atoms with Crippen molar-refractivity contribution in [3.8, 4) is 0 Å². The van der Waals surface area contributed by atoms with E-state index in [1.54, 1.807) is 39.0 Å². The van der Waals surface area contributed by atoms with Crippen molar-refractivity contribution in [2.45, 2.75) is 39.7 Å². The minimum atomic E-state index is -3.44. The molecule has 0 saturated carbocycles. The molecule has 2 N–H and O–H groups in total. The van der Waals surface area contributed by atoms with Gasteiger partial charge >= 0.3 is 5.97 Å². The summed E-state index contributed by atoms with van der Waals surface area (Å²) in [4.78, 5) is 24.8. The summed E-state index contributed by atoms with van der Waals surface area (Å²) in [7, 11) is -3.44. The van der Waals surface area contributed by atoms with Gasteiger partial charge in [-0.2, -0.15) is 0 Å². The molecule has 24 heavy (non-hydrogen) atoms. The van der Waals surface area contributed by atoms with E-state index in [0.29, 0.717) is 17.7 Å². The lowest BCUT2D eigenvalue weighted by Crippen LogP contribution is -2.38. The number of hydrogen-bond acceptors (Lipinski definition) is 4. The molecule has 0 unspecified atom stereocenters. The molecule has 0 heterocycles. The normalized spacial score (nSPS) is 11.3. The fourth-order valence-corrected chi connectivity index (χ4v) is 3.32. The molecule has 1 rings (SSSR count). The van der Waals surface area contributed by atoms with Crippen LogP contribution in [-0.4, -0.2) is 48.6 Å². The molecule has 7 nitrogen and oxygen atoms in total. The number of nitrogens with zero attached hydrogens (tertiary/aromatic N) is 1. The highest BCUT2D eigenvalue weighted by atomic mass is 32.2. The van der Waals surface area contributed by atoms with Crippen LogP contribution in [-0.2, 0) is 14.8 Å². The summed E-state index contributed by atoms with van der Waals surface area (Å²) in [5.41, 5.74) is 0.627. The van der Waals surface area contributed by atoms with E-state index in [2.05, 4.69) is 4.72 Å². The number of amides is 1. The van der Waals surface area contributed by atoms with Gasteiger partial charge in [0.25, 0.3) is 5.91 Å². The van der Waals surface area contributed by atoms with Crippen LogP contribution in [0.1, 0.15) is 44.0 Å². The molecule has 1 amide bonds. The van der Waals surface area contributed by atoms with E-state index in [1.807, 2.05) is 0 Å². The first-order chi connectivity index (χ1) is 11.2. The Bertz CT molecular complexity index is 685. The number of hydrogen-bond donors (Lipinski definition) is 2. The Morgan fingerprint density at radius 3 is 2.50 bits per heavy atom. The van der Waals surface area contributed by atoms with E-state index in [9.17, 15) is 18.0 Å². The van der Waals surface area contributed by atoms with Crippen LogP contribution in [0.3, 0.4) is 0 Å². The van der Waals surface area contributed by atoms with Crippen molar-refractivity contribution in [3.63, 3.8) is 0 Å². The van der Waals surface area contributed by atoms with Crippen LogP contribution in [0, 0.1) is 0 Å². The molecule has 0 aliphatic rings. The molecule has 0 saturated heterocycles. The van der Waals surface area contributed by atoms with Gasteiger partial charge in [-0.3, -0.25) is 14.3 Å². The fraction of sp³-hybridized carbons (Fsp3) is 0.500. The highest BCUT2D eigenvalue weighted by Gasteiger charge is 2.20. The Morgan fingerprint density at radius 2 is 1.96 bits per heavy atom. The summed E-state index contributed by atoms with van der Waals surface area (Å²) in [6.45, 7) is 5.46. The molecule has 0 aliphatic heterocycles. The Labute approximate surface area is 142 Å². The summed E-state index contributed by atoms with van der Waals surface area (Å²) in [6, 6.07) is 6.03. The number of carboxylic acid groups (broad SMARTS) is 1. The predicted molar refractivity (Wildman–Crippen MR) is 92.6 cm³/mol. The van der Waals surface area contributed by atoms with Crippen LogP contribution in [0.15, 0.2) is 24.3 Å². The third-order valence-electron chi connectivity index (χ3n) is 3.31. The Morgan fingerprint density at radius 1 is 1.29 bits per heavy atom. The monoisotopic (exact) mass is 356 g/mol. The molecular formula is C16H24N2O5S. The largest absolute Gasteiger partial charge is 0.481 e. The van der Waals surface area contributed by atoms with Crippen LogP contribution >= 0.6 is 0 Å². The second-order valence-corrected chi connectivity index (χ2v) is 7.58. The lowest BCUT2D eigenvalue weighted by molar-refractivity contribution is -0.137. The molecule has 1 aromatic carbocycles. The topological polar surface area (TPSA) is 104 Å². The van der Waals surface area contributed by atoms with Crippen LogP contribution in [0.2, 0.25) is 0 Å². The molecule has 0 spiro atoms. The molecule has 0 radical (unpaired) electrons. The van der Waals surface area contributed by atoms with Crippen molar-refractivity contribution >= 4 is 27.6 Å². The number of carbonyl (C=O) groups excluding carboxylic acids is 1. The first-order valence-corrected chi connectivity index (χ1v) is 9.45. The maximum Gasteiger partial charge on any atom is 0.305 e. The van der Waals surface area contributed by atoms with Crippen molar-refractivity contribution in [1.82, 2.24) is 4.90 Å². The van der Waals surface area contributed by atoms with Gasteiger partial charge in [0.1, 0.15) is 0 Å². The van der Waals surface area contributed by atoms with E-state index in [-0.39, 0.29) is 30.7 Å². The number of anilines is 1. The SMILES string of the molecule is CCCS(=O)(=O)Nc1cccc(C(=O)N(CCC(=O)O)C(C)C)c1. The van der Waals surface area contributed by atoms with Gasteiger partial charge in [-0.25, -0.2) is 8.42 Å². The van der Waals surface area contributed by atoms with Crippen LogP contribution in [0.5, 0.6) is 0 Å². The van der Waals surface area contributed by atoms with Crippen LogP contribution in [0.4, 0.5) is 5.69 Å². The zero-order valence-electron chi connectivity index (χ0n) is 14.2. The molecule has 134 valence electrons. The number of nitrogens with one attached hydrogen (secondary N) is 1. The number of rotatable bonds is 9. The highest BCUT2D eigenvalue weighted by Crippen LogP contribution is 2.16. The van der Waals surface area contributed by atoms with E-state index >= 15 is 0 Å². The molecule has 8 heteroatoms. The van der Waals surface area contributed by atoms with Crippen molar-refractivity contribution in [2.24, 2.45) is 0 Å². The number of carbonyl (C=O) groups is 2. The number of benzene rings is 1. The summed E-state index contributed by atoms with van der Waals surface area (Å²) < 4.78 is 26.1. The van der Waals surface area contributed by atoms with Gasteiger partial charge in [0.15, 0.2) is 0 Å². The van der Waals surface area contributed by atoms with Crippen molar-refractivity contribution in [2.75, 3.05) is 17.0 Å². The van der Waals surface area contributed by atoms with E-state index < -0.39 is 16.0 Å². The second-order valence-electron chi connectivity index (χ2n) is 5.74. The summed E-state index contributed by atoms with van der Waals surface area (Å²) in [5.74, 6) is -1.31. The van der Waals surface area contributed by atoms with Crippen molar-refractivity contribution in [3.05, 3.63) is 29.8 Å². The summed E-state index contributed by atoms with van der Waals surface area (Å²) >= 11 is 0. The molecule has 0 bridgehead atoms. The first-order valence-electron chi connectivity index (χ1n) is 7.79. The van der Waals surface area contributed by atoms with Crippen LogP contribution in [0.25, 0.3) is 0 Å². The smallest absolute Gasteiger partial charge is 0.305 e. The molecule has 1 aromatic rings. The molecular weight excluding hydrogens is 332 g/mol. The molecule has 0 fully saturated rings. The van der Waals surface area contributed by atoms with Gasteiger partial charge in [-0.1, -0.05) is 13.0 Å². The second kappa shape index (κ2) is 8.68. The number of sulfonamides is 1. The Kier molecular flexibility index (Phi) is 7.21. The molecule has 0 aliphatic carbocycles. The van der Waals surface area contributed by atoms with Gasteiger partial charge in [-0.05, 0) is 38.5 Å². The third kappa shape index (κ3) is 6.19. The van der Waals surface area contributed by atoms with Crippen molar-refractivity contribution < 1.29 is 23.1 Å². The van der Waals surface area contributed by atoms with Gasteiger partial charge in [0.2, 0.25) is 10.0 Å². The predicted octanol–water partition coefficient (Wildman–Crippen LogP) is 2.16. The minimum Gasteiger partial charge on any atom is -0.481 e. The molecule has 0 atom stereocenters. The summed E-state index contributed by atoms with van der Waals surface area (Å²) in [5, 5.41) is 8.80. The Balaban J connectivity index is 2.97. The average Bonchev–Trinajstić information content (AvgIpc) is 2.46. The van der Waals surface area contributed by atoms with E-state index in [0.717, 1.165) is 0 Å². The van der Waals surface area contributed by atoms with Gasteiger partial charge < -0.3 is 10.0 Å². The highest BCUT2D eigenvalue weighted by molar-refractivity contribution is 7.92. The minimum absolute atomic E-state index is 0.00189. The first kappa shape index (κ1) is 20.0. The zero-order chi connectivity index (χ0) is 18.3. The Hall–Kier alpha value is -2.09. The quantitative estimate of drug-likeness (QED) is 0.706. The third-order valence-corrected chi connectivity index (χ3v) is 4.80. The van der Waals surface area contributed by atoms with E-state index in [4.69, 9.17) is 5.11 Å². The lowest BCUT2D eigenvalue weighted by atomic mass is 10.1. The van der Waals surface area contributed by atoms with Gasteiger partial charge in [0.05, 0.1) is 12.2 Å². The number of carboxylic acids is 1. The molecule has 0 aromatic heterocycles. The maximum absolute atomic E-state index is 12.6. The fourth-order valence-electron chi connectivity index (χ4n) is 2.19. The number of aliphatic carboxylic acids is 1. The average molecular weight is 356 g/mol. The van der Waals surface area contributed by atoms with Crippen molar-refractivity contribution in [1.29, 1.82) is 0 Å². The van der Waals surface area contributed by atoms with Gasteiger partial charge in [-0.15, -0.1) is 0 Å².